The molecule has 1 aromatic heterocycles. The lowest BCUT2D eigenvalue weighted by Crippen LogP contribution is -2.13. The third kappa shape index (κ3) is 4.07. The van der Waals surface area contributed by atoms with Crippen LogP contribution in [0.25, 0.3) is 17.0 Å². The van der Waals surface area contributed by atoms with Crippen molar-refractivity contribution in [1.82, 2.24) is 0 Å². The van der Waals surface area contributed by atoms with E-state index in [2.05, 4.69) is 0 Å². The molecule has 8 nitrogen and oxygen atoms in total. The Morgan fingerprint density at radius 1 is 1.03 bits per heavy atom. The molecule has 3 aromatic rings. The molecule has 2 aromatic carbocycles. The molecule has 0 aliphatic carbocycles. The Bertz CT molecular complexity index is 1110. The number of hydrogen-bond acceptors (Lipinski definition) is 7. The summed E-state index contributed by atoms with van der Waals surface area (Å²) in [5, 5.41) is 9.53. The van der Waals surface area contributed by atoms with E-state index in [4.69, 9.17) is 28.5 Å². The van der Waals surface area contributed by atoms with Gasteiger partial charge in [0.15, 0.2) is 23.7 Å². The molecule has 0 saturated heterocycles. The van der Waals surface area contributed by atoms with E-state index in [0.29, 0.717) is 11.1 Å². The first-order valence-corrected chi connectivity index (χ1v) is 8.86. The molecule has 0 saturated carbocycles. The zero-order valence-electron chi connectivity index (χ0n) is 16.6. The van der Waals surface area contributed by atoms with Crippen molar-refractivity contribution in [1.29, 1.82) is 0 Å². The Kier molecular flexibility index (Phi) is 6.26. The second-order valence-electron chi connectivity index (χ2n) is 6.09. The molecule has 8 heteroatoms. The van der Waals surface area contributed by atoms with Gasteiger partial charge in [0.25, 0.3) is 0 Å². The highest BCUT2D eigenvalue weighted by molar-refractivity contribution is 6.15. The van der Waals surface area contributed by atoms with Gasteiger partial charge in [-0.05, 0) is 29.8 Å². The lowest BCUT2D eigenvalue weighted by atomic mass is 10.0. The van der Waals surface area contributed by atoms with Crippen molar-refractivity contribution in [3.63, 3.8) is 0 Å². The summed E-state index contributed by atoms with van der Waals surface area (Å²) in [5.74, 6) is -0.790. The number of methoxy groups -OCH3 is 3. The zero-order chi connectivity index (χ0) is 21.7. The number of ketones is 1. The summed E-state index contributed by atoms with van der Waals surface area (Å²) in [6.07, 6.45) is 4.36. The number of fused-ring (bicyclic) bond motifs is 1. The molecule has 0 radical (unpaired) electrons. The molecule has 0 atom stereocenters. The number of allylic oxidation sites excluding steroid dienone is 1. The SMILES string of the molecule is COc1cccc(/C=C/C(=O)c2c(OCC(=O)O)c(OC)c3occc3c2OC)c1. The highest BCUT2D eigenvalue weighted by atomic mass is 16.5. The van der Waals surface area contributed by atoms with Crippen LogP contribution < -0.4 is 18.9 Å². The van der Waals surface area contributed by atoms with Gasteiger partial charge >= 0.3 is 5.97 Å². The average Bonchev–Trinajstić information content (AvgIpc) is 3.24. The van der Waals surface area contributed by atoms with Crippen molar-refractivity contribution in [2.24, 2.45) is 0 Å². The largest absolute Gasteiger partial charge is 0.497 e. The number of carbonyl (C=O) groups is 2. The van der Waals surface area contributed by atoms with Crippen LogP contribution in [0.15, 0.2) is 47.1 Å². The van der Waals surface area contributed by atoms with Crippen LogP contribution in [0.4, 0.5) is 0 Å². The monoisotopic (exact) mass is 412 g/mol. The fraction of sp³-hybridized carbons (Fsp3) is 0.182. The fourth-order valence-electron chi connectivity index (χ4n) is 3.01. The first-order chi connectivity index (χ1) is 14.5. The predicted molar refractivity (Wildman–Crippen MR) is 109 cm³/mol. The molecule has 0 aliphatic heterocycles. The Morgan fingerprint density at radius 3 is 2.47 bits per heavy atom. The molecule has 1 N–H and O–H groups in total. The fourth-order valence-corrected chi connectivity index (χ4v) is 3.01. The molecular weight excluding hydrogens is 392 g/mol. The summed E-state index contributed by atoms with van der Waals surface area (Å²) >= 11 is 0. The Morgan fingerprint density at radius 2 is 1.80 bits per heavy atom. The van der Waals surface area contributed by atoms with Crippen molar-refractivity contribution >= 4 is 28.8 Å². The highest BCUT2D eigenvalue weighted by Gasteiger charge is 2.28. The number of hydrogen-bond donors (Lipinski definition) is 1. The minimum Gasteiger partial charge on any atom is -0.497 e. The summed E-state index contributed by atoms with van der Waals surface area (Å²) < 4.78 is 26.9. The molecule has 1 heterocycles. The van der Waals surface area contributed by atoms with Crippen LogP contribution in [0.5, 0.6) is 23.0 Å². The lowest BCUT2D eigenvalue weighted by Gasteiger charge is -2.16. The molecular formula is C22H20O8. The number of carbonyl (C=O) groups excluding carboxylic acids is 1. The number of benzene rings is 2. The van der Waals surface area contributed by atoms with Gasteiger partial charge in [-0.2, -0.15) is 0 Å². The van der Waals surface area contributed by atoms with Crippen molar-refractivity contribution in [2.45, 2.75) is 0 Å². The highest BCUT2D eigenvalue weighted by Crippen LogP contribution is 2.46. The quantitative estimate of drug-likeness (QED) is 0.418. The first-order valence-electron chi connectivity index (χ1n) is 8.86. The van der Waals surface area contributed by atoms with Gasteiger partial charge in [0.2, 0.25) is 5.75 Å². The molecule has 0 aliphatic rings. The molecule has 0 amide bonds. The number of carboxylic acids is 1. The van der Waals surface area contributed by atoms with Crippen molar-refractivity contribution in [3.8, 4) is 23.0 Å². The summed E-state index contributed by atoms with van der Waals surface area (Å²) in [6, 6.07) is 8.79. The van der Waals surface area contributed by atoms with E-state index in [1.165, 1.54) is 26.6 Å². The third-order valence-electron chi connectivity index (χ3n) is 4.29. The van der Waals surface area contributed by atoms with Gasteiger partial charge < -0.3 is 28.5 Å². The topological polar surface area (TPSA) is 104 Å². The van der Waals surface area contributed by atoms with Crippen LogP contribution in [0.1, 0.15) is 15.9 Å². The Hall–Kier alpha value is -3.94. The second-order valence-corrected chi connectivity index (χ2v) is 6.09. The maximum atomic E-state index is 13.1. The summed E-state index contributed by atoms with van der Waals surface area (Å²) in [6.45, 7) is -0.675. The number of furan rings is 1. The predicted octanol–water partition coefficient (Wildman–Crippen LogP) is 3.82. The van der Waals surface area contributed by atoms with E-state index in [1.807, 2.05) is 6.07 Å². The molecule has 0 unspecified atom stereocenters. The van der Waals surface area contributed by atoms with Gasteiger partial charge in [-0.25, -0.2) is 4.79 Å². The van der Waals surface area contributed by atoms with Crippen LogP contribution in [-0.4, -0.2) is 44.8 Å². The van der Waals surface area contributed by atoms with E-state index >= 15 is 0 Å². The maximum absolute atomic E-state index is 13.1. The van der Waals surface area contributed by atoms with Gasteiger partial charge in [-0.3, -0.25) is 4.79 Å². The number of aliphatic carboxylic acids is 1. The molecule has 0 spiro atoms. The summed E-state index contributed by atoms with van der Waals surface area (Å²) in [5.41, 5.74) is 1.05. The van der Waals surface area contributed by atoms with Crippen molar-refractivity contribution in [3.05, 3.63) is 53.8 Å². The average molecular weight is 412 g/mol. The van der Waals surface area contributed by atoms with E-state index < -0.39 is 18.4 Å². The number of ether oxygens (including phenoxy) is 4. The van der Waals surface area contributed by atoms with Crippen molar-refractivity contribution < 1.29 is 38.1 Å². The molecule has 3 rings (SSSR count). The van der Waals surface area contributed by atoms with Crippen molar-refractivity contribution in [2.75, 3.05) is 27.9 Å². The Balaban J connectivity index is 2.13. The van der Waals surface area contributed by atoms with Crippen LogP contribution >= 0.6 is 0 Å². The summed E-state index contributed by atoms with van der Waals surface area (Å²) in [4.78, 5) is 24.2. The number of carboxylic acid groups (broad SMARTS) is 1. The maximum Gasteiger partial charge on any atom is 0.341 e. The van der Waals surface area contributed by atoms with Crippen LogP contribution in [0.2, 0.25) is 0 Å². The molecule has 0 bridgehead atoms. The lowest BCUT2D eigenvalue weighted by molar-refractivity contribution is -0.139. The van der Waals surface area contributed by atoms with Gasteiger partial charge in [-0.1, -0.05) is 18.2 Å². The Labute approximate surface area is 172 Å². The molecule has 156 valence electrons. The third-order valence-corrected chi connectivity index (χ3v) is 4.29. The van der Waals surface area contributed by atoms with E-state index in [0.717, 1.165) is 5.56 Å². The van der Waals surface area contributed by atoms with Crippen LogP contribution in [-0.2, 0) is 4.79 Å². The smallest absolute Gasteiger partial charge is 0.341 e. The normalized spacial score (nSPS) is 10.9. The van der Waals surface area contributed by atoms with Gasteiger partial charge in [-0.15, -0.1) is 0 Å². The number of rotatable bonds is 9. The second kappa shape index (κ2) is 9.04. The summed E-state index contributed by atoms with van der Waals surface area (Å²) in [7, 11) is 4.33. The molecule has 0 fully saturated rings. The van der Waals surface area contributed by atoms with Gasteiger partial charge in [0, 0.05) is 0 Å². The zero-order valence-corrected chi connectivity index (χ0v) is 16.6. The van der Waals surface area contributed by atoms with Crippen LogP contribution in [0.3, 0.4) is 0 Å². The van der Waals surface area contributed by atoms with E-state index in [1.54, 1.807) is 37.5 Å². The van der Waals surface area contributed by atoms with Gasteiger partial charge in [0.05, 0.1) is 33.0 Å². The first kappa shape index (κ1) is 20.8. The standard InChI is InChI=1S/C22H20O8/c1-26-14-6-4-5-13(11-14)7-8-16(23)18-19(27-2)15-9-10-29-20(15)22(28-3)21(18)30-12-17(24)25/h4-11H,12H2,1-3H3,(H,24,25)/b8-7+. The molecule has 30 heavy (non-hydrogen) atoms. The van der Waals surface area contributed by atoms with E-state index in [-0.39, 0.29) is 28.4 Å². The minimum absolute atomic E-state index is 0.0312. The van der Waals surface area contributed by atoms with E-state index in [9.17, 15) is 9.59 Å². The van der Waals surface area contributed by atoms with Crippen LogP contribution in [0, 0.1) is 0 Å². The van der Waals surface area contributed by atoms with Gasteiger partial charge in [0.1, 0.15) is 17.1 Å². The minimum atomic E-state index is -1.21.